The zero-order valence-electron chi connectivity index (χ0n) is 22.4. The summed E-state index contributed by atoms with van der Waals surface area (Å²) in [6.07, 6.45) is 7.79. The number of hydrazine groups is 1. The number of nitrogens with one attached hydrogen (secondary N) is 3. The molecule has 1 aliphatic heterocycles. The van der Waals surface area contributed by atoms with Crippen molar-refractivity contribution in [2.45, 2.75) is 57.4 Å². The summed E-state index contributed by atoms with van der Waals surface area (Å²) in [6.45, 7) is 4.45. The van der Waals surface area contributed by atoms with Gasteiger partial charge >= 0.3 is 14.5 Å². The lowest BCUT2D eigenvalue weighted by Gasteiger charge is -2.40. The second-order valence-electron chi connectivity index (χ2n) is 9.84. The van der Waals surface area contributed by atoms with E-state index in [0.717, 1.165) is 18.4 Å². The first-order chi connectivity index (χ1) is 18.9. The maximum absolute atomic E-state index is 12.6. The molecule has 2 fully saturated rings. The number of anilines is 1. The summed E-state index contributed by atoms with van der Waals surface area (Å²) in [5, 5.41) is 3.35. The predicted molar refractivity (Wildman–Crippen MR) is 150 cm³/mol. The molecule has 210 valence electrons. The van der Waals surface area contributed by atoms with E-state index in [1.807, 2.05) is 42.0 Å². The van der Waals surface area contributed by atoms with Crippen LogP contribution >= 0.6 is 20.5 Å². The smallest absolute Gasteiger partial charge is 0.326 e. The van der Waals surface area contributed by atoms with Gasteiger partial charge in [0.2, 0.25) is 0 Å². The molecule has 1 saturated carbocycles. The maximum atomic E-state index is 12.6. The molecule has 0 radical (unpaired) electrons. The highest BCUT2D eigenvalue weighted by molar-refractivity contribution is 7.96. The third-order valence-corrected chi connectivity index (χ3v) is 8.71. The molecule has 3 N–H and O–H groups in total. The van der Waals surface area contributed by atoms with Gasteiger partial charge in [-0.15, -0.1) is 0 Å². The summed E-state index contributed by atoms with van der Waals surface area (Å²) in [7, 11) is -0.236. The van der Waals surface area contributed by atoms with E-state index in [9.17, 15) is 4.79 Å². The summed E-state index contributed by atoms with van der Waals surface area (Å²) < 4.78 is 25.9. The van der Waals surface area contributed by atoms with Crippen molar-refractivity contribution < 1.29 is 23.3 Å². The third-order valence-electron chi connectivity index (χ3n) is 7.03. The number of methoxy groups -OCH3 is 1. The molecule has 1 aliphatic carbocycles. The van der Waals surface area contributed by atoms with Crippen molar-refractivity contribution in [1.29, 1.82) is 0 Å². The van der Waals surface area contributed by atoms with Crippen molar-refractivity contribution in [3.05, 3.63) is 42.5 Å². The molecular formula is C25H34N7O5PS. The van der Waals surface area contributed by atoms with Crippen LogP contribution < -0.4 is 19.9 Å². The summed E-state index contributed by atoms with van der Waals surface area (Å²) in [5.74, 6) is 1.16. The largest absolute Gasteiger partial charge is 0.468 e. The number of hydrogen-bond acceptors (Lipinski definition) is 12. The highest BCUT2D eigenvalue weighted by Crippen LogP contribution is 2.45. The van der Waals surface area contributed by atoms with Crippen LogP contribution in [0.25, 0.3) is 11.2 Å². The fourth-order valence-corrected chi connectivity index (χ4v) is 6.42. The number of carbonyl (C=O) groups is 1. The van der Waals surface area contributed by atoms with Crippen LogP contribution in [-0.2, 0) is 18.8 Å². The topological polar surface area (TPSA) is 134 Å². The van der Waals surface area contributed by atoms with Gasteiger partial charge in [-0.05, 0) is 51.0 Å². The van der Waals surface area contributed by atoms with Crippen LogP contribution in [0, 0.1) is 12.8 Å². The minimum Gasteiger partial charge on any atom is -0.468 e. The van der Waals surface area contributed by atoms with E-state index in [0.29, 0.717) is 42.2 Å². The Morgan fingerprint density at radius 3 is 2.74 bits per heavy atom. The standard InChI is InChI=1S/C25H34N7O5PS/c1-16-6-8-18(9-7-16)37-38(30-25(10-5-11-25)24(33)34-3)35-13-19-12-17(2)23(36-19)32-15-28-20-21(29-31-39-4)26-14-27-22(20)32/h6-9,14-15,17,19,23,30-31H,5,10-13H2,1-4H3,(H,26,27,29). The summed E-state index contributed by atoms with van der Waals surface area (Å²) >= 11 is 1.42. The van der Waals surface area contributed by atoms with Crippen molar-refractivity contribution in [2.24, 2.45) is 5.92 Å². The molecule has 2 aliphatic rings. The molecule has 4 atom stereocenters. The van der Waals surface area contributed by atoms with Crippen LogP contribution in [0.4, 0.5) is 5.82 Å². The number of esters is 1. The molecule has 0 amide bonds. The van der Waals surface area contributed by atoms with Crippen molar-refractivity contribution in [3.63, 3.8) is 0 Å². The molecule has 3 aromatic rings. The molecule has 4 unspecified atom stereocenters. The van der Waals surface area contributed by atoms with E-state index in [1.165, 1.54) is 25.4 Å². The van der Waals surface area contributed by atoms with E-state index in [-0.39, 0.29) is 24.2 Å². The van der Waals surface area contributed by atoms with Crippen molar-refractivity contribution in [3.8, 4) is 5.75 Å². The first kappa shape index (κ1) is 28.0. The molecule has 1 saturated heterocycles. The number of aromatic nitrogens is 4. The molecule has 5 rings (SSSR count). The van der Waals surface area contributed by atoms with Gasteiger partial charge in [0, 0.05) is 5.92 Å². The Kier molecular flexibility index (Phi) is 8.85. The molecule has 14 heteroatoms. The summed E-state index contributed by atoms with van der Waals surface area (Å²) in [6, 6.07) is 7.75. The minimum atomic E-state index is -1.64. The van der Waals surface area contributed by atoms with E-state index < -0.39 is 14.1 Å². The van der Waals surface area contributed by atoms with Gasteiger partial charge in [0.1, 0.15) is 23.8 Å². The van der Waals surface area contributed by atoms with E-state index in [2.05, 4.69) is 37.2 Å². The zero-order chi connectivity index (χ0) is 27.4. The van der Waals surface area contributed by atoms with Gasteiger partial charge in [0.15, 0.2) is 17.0 Å². The number of fused-ring (bicyclic) bond motifs is 1. The number of rotatable bonds is 12. The minimum absolute atomic E-state index is 0.177. The Bertz CT molecular complexity index is 1280. The Morgan fingerprint density at radius 2 is 2.05 bits per heavy atom. The third kappa shape index (κ3) is 6.13. The van der Waals surface area contributed by atoms with Crippen molar-refractivity contribution >= 4 is 43.4 Å². The number of hydrogen-bond donors (Lipinski definition) is 3. The average Bonchev–Trinajstić information content (AvgIpc) is 3.51. The Labute approximate surface area is 233 Å². The number of ether oxygens (including phenoxy) is 2. The van der Waals surface area contributed by atoms with Crippen molar-refractivity contribution in [1.82, 2.24) is 29.4 Å². The quantitative estimate of drug-likeness (QED) is 0.123. The maximum Gasteiger partial charge on any atom is 0.326 e. The van der Waals surface area contributed by atoms with Crippen LogP contribution in [0.2, 0.25) is 0 Å². The lowest BCUT2D eigenvalue weighted by atomic mass is 9.78. The Morgan fingerprint density at radius 1 is 1.26 bits per heavy atom. The fourth-order valence-electron chi connectivity index (χ4n) is 4.78. The number of aryl methyl sites for hydroxylation is 1. The molecule has 2 aromatic heterocycles. The second-order valence-corrected chi connectivity index (χ2v) is 11.6. The first-order valence-electron chi connectivity index (χ1n) is 12.8. The van der Waals surface area contributed by atoms with Crippen LogP contribution in [-0.4, -0.2) is 57.1 Å². The Hall–Kier alpha value is -2.54. The normalized spacial score (nSPS) is 22.8. The molecule has 0 spiro atoms. The highest BCUT2D eigenvalue weighted by Gasteiger charge is 2.48. The number of nitrogens with zero attached hydrogens (tertiary/aromatic N) is 4. The number of carbonyl (C=O) groups excluding carboxylic acids is 1. The molecular weight excluding hydrogens is 541 g/mol. The zero-order valence-corrected chi connectivity index (χ0v) is 24.1. The van der Waals surface area contributed by atoms with Gasteiger partial charge in [-0.3, -0.25) is 14.8 Å². The molecule has 0 bridgehead atoms. The van der Waals surface area contributed by atoms with Gasteiger partial charge in [-0.2, -0.15) is 4.83 Å². The lowest BCUT2D eigenvalue weighted by Crippen LogP contribution is -2.56. The lowest BCUT2D eigenvalue weighted by molar-refractivity contribution is -0.151. The molecule has 39 heavy (non-hydrogen) atoms. The van der Waals surface area contributed by atoms with E-state index in [4.69, 9.17) is 18.5 Å². The number of imidazole rings is 1. The van der Waals surface area contributed by atoms with Crippen LogP contribution in [0.1, 0.15) is 44.4 Å². The predicted octanol–water partition coefficient (Wildman–Crippen LogP) is 4.26. The summed E-state index contributed by atoms with van der Waals surface area (Å²) in [4.78, 5) is 28.8. The average molecular weight is 576 g/mol. The van der Waals surface area contributed by atoms with Crippen LogP contribution in [0.15, 0.2) is 36.9 Å². The fraction of sp³-hybridized carbons (Fsp3) is 0.520. The second kappa shape index (κ2) is 12.3. The monoisotopic (exact) mass is 575 g/mol. The van der Waals surface area contributed by atoms with Gasteiger partial charge in [0.25, 0.3) is 0 Å². The molecule has 12 nitrogen and oxygen atoms in total. The van der Waals surface area contributed by atoms with Gasteiger partial charge in [-0.1, -0.05) is 36.6 Å². The SMILES string of the molecule is COC(=O)C1(NP(OCC2CC(C)C(n3cnc4c(NNSC)ncnc43)O2)Oc2ccc(C)cc2)CCC1. The van der Waals surface area contributed by atoms with Gasteiger partial charge < -0.3 is 18.5 Å². The molecule has 3 heterocycles. The highest BCUT2D eigenvalue weighted by atomic mass is 32.2. The van der Waals surface area contributed by atoms with Gasteiger partial charge in [0.05, 0.1) is 26.1 Å². The van der Waals surface area contributed by atoms with E-state index >= 15 is 0 Å². The van der Waals surface area contributed by atoms with Crippen molar-refractivity contribution in [2.75, 3.05) is 25.4 Å². The Balaban J connectivity index is 1.27. The first-order valence-corrected chi connectivity index (χ1v) is 15.2. The van der Waals surface area contributed by atoms with Gasteiger partial charge in [-0.25, -0.2) is 20.0 Å². The van der Waals surface area contributed by atoms with Crippen LogP contribution in [0.3, 0.4) is 0 Å². The van der Waals surface area contributed by atoms with Crippen LogP contribution in [0.5, 0.6) is 5.75 Å². The molecule has 1 aromatic carbocycles. The summed E-state index contributed by atoms with van der Waals surface area (Å²) in [5.41, 5.74) is 4.71. The number of benzene rings is 1. The van der Waals surface area contributed by atoms with E-state index in [1.54, 1.807) is 6.33 Å².